The highest BCUT2D eigenvalue weighted by molar-refractivity contribution is 9.10. The third-order valence-electron chi connectivity index (χ3n) is 7.17. The van der Waals surface area contributed by atoms with Crippen molar-refractivity contribution in [1.82, 2.24) is 0 Å². The number of allylic oxidation sites excluding steroid dienone is 1. The van der Waals surface area contributed by atoms with Gasteiger partial charge in [0.2, 0.25) is 5.91 Å². The number of benzene rings is 2. The van der Waals surface area contributed by atoms with Gasteiger partial charge in [0.05, 0.1) is 17.3 Å². The van der Waals surface area contributed by atoms with Crippen LogP contribution in [0.2, 0.25) is 5.02 Å². The second-order valence-electron chi connectivity index (χ2n) is 10.4. The van der Waals surface area contributed by atoms with Gasteiger partial charge < -0.3 is 15.8 Å². The van der Waals surface area contributed by atoms with Crippen molar-refractivity contribution in [2.75, 3.05) is 16.8 Å². The Bertz CT molecular complexity index is 1460. The molecule has 1 atom stereocenters. The summed E-state index contributed by atoms with van der Waals surface area (Å²) in [6.45, 7) is 7.65. The molecule has 37 heavy (non-hydrogen) atoms. The van der Waals surface area contributed by atoms with Gasteiger partial charge in [-0.15, -0.1) is 0 Å². The highest BCUT2D eigenvalue weighted by Crippen LogP contribution is 2.58. The lowest BCUT2D eigenvalue weighted by Gasteiger charge is -2.47. The Morgan fingerprint density at radius 3 is 2.59 bits per heavy atom. The van der Waals surface area contributed by atoms with Crippen molar-refractivity contribution >= 4 is 56.6 Å². The largest absolute Gasteiger partial charge is 0.462 e. The number of carbonyl (C=O) groups excluding carboxylic acids is 3. The number of Topliss-reactive ketones (excluding diaryl/α,β-unsaturated/α-hetero) is 1. The predicted molar refractivity (Wildman–Crippen MR) is 146 cm³/mol. The number of carbonyl (C=O) groups is 3. The molecule has 0 fully saturated rings. The number of halogens is 2. The van der Waals surface area contributed by atoms with E-state index in [4.69, 9.17) is 22.1 Å². The maximum absolute atomic E-state index is 14.1. The van der Waals surface area contributed by atoms with Crippen LogP contribution in [-0.2, 0) is 24.5 Å². The first kappa shape index (κ1) is 25.5. The smallest absolute Gasteiger partial charge is 0.339 e. The maximum atomic E-state index is 14.1. The Balaban J connectivity index is 1.94. The Labute approximate surface area is 228 Å². The number of aryl methyl sites for hydroxylation is 1. The fraction of sp³-hybridized carbons (Fsp3) is 0.321. The molecule has 7 nitrogen and oxygen atoms in total. The lowest BCUT2D eigenvalue weighted by Crippen LogP contribution is -2.54. The SMILES string of the molecule is CCOC(=O)C1=C(N)N(c2ccc(C)cc2Cl)C2=C(C(=O)CC(C)(C)C2)C12C(=O)Nc1ccc(Br)cc12. The zero-order valence-electron chi connectivity index (χ0n) is 21.0. The molecule has 5 rings (SSSR count). The molecule has 192 valence electrons. The zero-order chi connectivity index (χ0) is 26.9. The van der Waals surface area contributed by atoms with Crippen molar-refractivity contribution in [3.8, 4) is 0 Å². The minimum Gasteiger partial charge on any atom is -0.462 e. The lowest BCUT2D eigenvalue weighted by molar-refractivity contribution is -0.140. The molecule has 0 radical (unpaired) electrons. The molecule has 1 unspecified atom stereocenters. The van der Waals surface area contributed by atoms with Crippen molar-refractivity contribution in [1.29, 1.82) is 0 Å². The van der Waals surface area contributed by atoms with Gasteiger partial charge in [-0.1, -0.05) is 47.4 Å². The van der Waals surface area contributed by atoms with E-state index in [1.165, 1.54) is 0 Å². The summed E-state index contributed by atoms with van der Waals surface area (Å²) in [4.78, 5) is 43.5. The van der Waals surface area contributed by atoms with Gasteiger partial charge in [-0.25, -0.2) is 4.79 Å². The van der Waals surface area contributed by atoms with Crippen molar-refractivity contribution in [2.24, 2.45) is 11.1 Å². The van der Waals surface area contributed by atoms with Gasteiger partial charge in [0.25, 0.3) is 0 Å². The predicted octanol–water partition coefficient (Wildman–Crippen LogP) is 5.50. The number of fused-ring (bicyclic) bond motifs is 3. The molecule has 2 aliphatic heterocycles. The van der Waals surface area contributed by atoms with E-state index in [1.807, 2.05) is 26.8 Å². The van der Waals surface area contributed by atoms with Gasteiger partial charge in [0.1, 0.15) is 16.8 Å². The van der Waals surface area contributed by atoms with Crippen molar-refractivity contribution < 1.29 is 19.1 Å². The fourth-order valence-corrected chi connectivity index (χ4v) is 6.46. The van der Waals surface area contributed by atoms with Crippen LogP contribution in [0.25, 0.3) is 0 Å². The van der Waals surface area contributed by atoms with Crippen LogP contribution in [0.5, 0.6) is 0 Å². The van der Waals surface area contributed by atoms with E-state index in [0.29, 0.717) is 38.6 Å². The molecule has 0 bridgehead atoms. The van der Waals surface area contributed by atoms with E-state index in [-0.39, 0.29) is 35.8 Å². The molecule has 0 saturated heterocycles. The van der Waals surface area contributed by atoms with Gasteiger partial charge in [-0.05, 0) is 61.6 Å². The van der Waals surface area contributed by atoms with Crippen LogP contribution in [0.1, 0.15) is 44.7 Å². The molecule has 2 aromatic rings. The number of esters is 1. The fourth-order valence-electron chi connectivity index (χ4n) is 5.78. The van der Waals surface area contributed by atoms with E-state index in [0.717, 1.165) is 5.56 Å². The molecule has 0 saturated carbocycles. The highest BCUT2D eigenvalue weighted by atomic mass is 79.9. The van der Waals surface area contributed by atoms with Crippen LogP contribution in [-0.4, -0.2) is 24.3 Å². The molecule has 9 heteroatoms. The second kappa shape index (κ2) is 8.74. The first-order valence-electron chi connectivity index (χ1n) is 12.0. The quantitative estimate of drug-likeness (QED) is 0.462. The van der Waals surface area contributed by atoms with Crippen molar-refractivity contribution in [3.05, 3.63) is 79.7 Å². The van der Waals surface area contributed by atoms with Crippen LogP contribution >= 0.6 is 27.5 Å². The number of ether oxygens (including phenoxy) is 1. The second-order valence-corrected chi connectivity index (χ2v) is 11.8. The zero-order valence-corrected chi connectivity index (χ0v) is 23.3. The number of hydrogen-bond acceptors (Lipinski definition) is 6. The summed E-state index contributed by atoms with van der Waals surface area (Å²) in [5, 5.41) is 3.30. The van der Waals surface area contributed by atoms with Crippen LogP contribution in [0, 0.1) is 12.3 Å². The standard InChI is InChI=1S/C28H27BrClN3O4/c1-5-37-25(35)23-24(31)33(19-9-6-14(2)10-17(19)30)20-12-27(3,4)13-21(34)22(20)28(23)16-11-15(29)7-8-18(16)32-26(28)36/h6-11H,5,12-13,31H2,1-4H3,(H,32,36). The van der Waals surface area contributed by atoms with E-state index in [1.54, 1.807) is 42.2 Å². The first-order valence-corrected chi connectivity index (χ1v) is 13.2. The minimum absolute atomic E-state index is 0.0106. The van der Waals surface area contributed by atoms with E-state index < -0.39 is 22.7 Å². The van der Waals surface area contributed by atoms with Gasteiger partial charge in [0, 0.05) is 33.4 Å². The summed E-state index contributed by atoms with van der Waals surface area (Å²) < 4.78 is 6.15. The van der Waals surface area contributed by atoms with E-state index in [2.05, 4.69) is 21.2 Å². The summed E-state index contributed by atoms with van der Waals surface area (Å²) in [5.74, 6) is -1.49. The summed E-state index contributed by atoms with van der Waals surface area (Å²) in [5.41, 5.74) is 7.83. The summed E-state index contributed by atoms with van der Waals surface area (Å²) in [7, 11) is 0. The molecule has 0 aromatic heterocycles. The Hall–Kier alpha value is -3.10. The van der Waals surface area contributed by atoms with Gasteiger partial charge in [-0.2, -0.15) is 0 Å². The third kappa shape index (κ3) is 3.72. The number of amides is 1. The maximum Gasteiger partial charge on any atom is 0.339 e. The number of nitrogens with zero attached hydrogens (tertiary/aromatic N) is 1. The van der Waals surface area contributed by atoms with Gasteiger partial charge >= 0.3 is 5.97 Å². The molecule has 3 aliphatic rings. The van der Waals surface area contributed by atoms with Gasteiger partial charge in [-0.3, -0.25) is 14.5 Å². The number of ketones is 1. The molecule has 1 spiro atoms. The average molecular weight is 585 g/mol. The van der Waals surface area contributed by atoms with Crippen LogP contribution < -0.4 is 16.0 Å². The average Bonchev–Trinajstić information content (AvgIpc) is 3.05. The Morgan fingerprint density at radius 1 is 1.19 bits per heavy atom. The molecular weight excluding hydrogens is 558 g/mol. The number of anilines is 2. The number of hydrogen-bond donors (Lipinski definition) is 2. The van der Waals surface area contributed by atoms with Crippen LogP contribution in [0.4, 0.5) is 11.4 Å². The van der Waals surface area contributed by atoms with E-state index in [9.17, 15) is 14.4 Å². The highest BCUT2D eigenvalue weighted by Gasteiger charge is 2.63. The molecule has 1 amide bonds. The van der Waals surface area contributed by atoms with Crippen LogP contribution in [0.15, 0.2) is 63.5 Å². The topological polar surface area (TPSA) is 102 Å². The molecular formula is C28H27BrClN3O4. The molecule has 2 aromatic carbocycles. The van der Waals surface area contributed by atoms with Crippen molar-refractivity contribution in [2.45, 2.75) is 46.0 Å². The molecule has 2 heterocycles. The molecule has 1 aliphatic carbocycles. The number of nitrogens with two attached hydrogens (primary N) is 1. The summed E-state index contributed by atoms with van der Waals surface area (Å²) in [6, 6.07) is 10.8. The monoisotopic (exact) mass is 583 g/mol. The first-order chi connectivity index (χ1) is 17.4. The lowest BCUT2D eigenvalue weighted by atomic mass is 9.60. The number of nitrogens with one attached hydrogen (secondary N) is 1. The Kier molecular flexibility index (Phi) is 6.03. The normalized spacial score (nSPS) is 22.3. The van der Waals surface area contributed by atoms with E-state index >= 15 is 0 Å². The molecule has 3 N–H and O–H groups in total. The Morgan fingerprint density at radius 2 is 1.92 bits per heavy atom. The van der Waals surface area contributed by atoms with Gasteiger partial charge in [0.15, 0.2) is 5.78 Å². The summed E-state index contributed by atoms with van der Waals surface area (Å²) in [6.07, 6.45) is 0.642. The van der Waals surface area contributed by atoms with Crippen molar-refractivity contribution in [3.63, 3.8) is 0 Å². The minimum atomic E-state index is -1.76. The summed E-state index contributed by atoms with van der Waals surface area (Å²) >= 11 is 10.2. The van der Waals surface area contributed by atoms with Crippen LogP contribution in [0.3, 0.4) is 0 Å². The number of rotatable bonds is 3. The third-order valence-corrected chi connectivity index (χ3v) is 7.96.